The zero-order valence-corrected chi connectivity index (χ0v) is 9.61. The molecule has 3 atom stereocenters. The summed E-state index contributed by atoms with van der Waals surface area (Å²) in [5.74, 6) is -0.0124. The molecule has 0 spiro atoms. The van der Waals surface area contributed by atoms with Crippen LogP contribution in [0.5, 0.6) is 0 Å². The Morgan fingerprint density at radius 2 is 2.31 bits per heavy atom. The van der Waals surface area contributed by atoms with Crippen molar-refractivity contribution in [3.8, 4) is 6.07 Å². The number of amides is 1. The minimum absolute atomic E-state index is 0.127. The molecule has 1 amide bonds. The lowest BCUT2D eigenvalue weighted by atomic mass is 10.0. The Balaban J connectivity index is 1.88. The fourth-order valence-electron chi connectivity index (χ4n) is 2.27. The van der Waals surface area contributed by atoms with Gasteiger partial charge in [0.2, 0.25) is 5.91 Å². The number of nitrogens with zero attached hydrogens (tertiary/aromatic N) is 1. The standard InChI is InChI=1S/C12H18N2O2/c1-2-8(7-13)12(15)14-10-5-6-16-11(10)9-3-4-9/h8-11H,2-6H2,1H3,(H,14,15). The molecule has 0 radical (unpaired) electrons. The number of carbonyl (C=O) groups is 1. The molecular weight excluding hydrogens is 204 g/mol. The molecule has 2 aliphatic rings. The second-order valence-corrected chi connectivity index (χ2v) is 4.67. The molecule has 1 aliphatic heterocycles. The zero-order valence-electron chi connectivity index (χ0n) is 9.61. The van der Waals surface area contributed by atoms with E-state index in [1.807, 2.05) is 13.0 Å². The normalized spacial score (nSPS) is 30.8. The van der Waals surface area contributed by atoms with Gasteiger partial charge in [0.25, 0.3) is 0 Å². The van der Waals surface area contributed by atoms with Crippen LogP contribution in [0.25, 0.3) is 0 Å². The number of nitrogens with one attached hydrogen (secondary N) is 1. The monoisotopic (exact) mass is 222 g/mol. The largest absolute Gasteiger partial charge is 0.376 e. The van der Waals surface area contributed by atoms with Gasteiger partial charge in [-0.15, -0.1) is 0 Å². The Morgan fingerprint density at radius 3 is 2.88 bits per heavy atom. The van der Waals surface area contributed by atoms with Crippen molar-refractivity contribution in [1.29, 1.82) is 5.26 Å². The second kappa shape index (κ2) is 4.84. The number of hydrogen-bond donors (Lipinski definition) is 1. The predicted molar refractivity (Wildman–Crippen MR) is 58.4 cm³/mol. The minimum atomic E-state index is -0.513. The minimum Gasteiger partial charge on any atom is -0.376 e. The lowest BCUT2D eigenvalue weighted by molar-refractivity contribution is -0.124. The van der Waals surface area contributed by atoms with Crippen LogP contribution >= 0.6 is 0 Å². The zero-order chi connectivity index (χ0) is 11.5. The van der Waals surface area contributed by atoms with Crippen molar-refractivity contribution in [2.75, 3.05) is 6.61 Å². The molecule has 2 fully saturated rings. The molecule has 88 valence electrons. The second-order valence-electron chi connectivity index (χ2n) is 4.67. The summed E-state index contributed by atoms with van der Waals surface area (Å²) in [6, 6.07) is 2.16. The van der Waals surface area contributed by atoms with Crippen LogP contribution in [0.15, 0.2) is 0 Å². The van der Waals surface area contributed by atoms with Crippen molar-refractivity contribution < 1.29 is 9.53 Å². The molecule has 1 heterocycles. The summed E-state index contributed by atoms with van der Waals surface area (Å²) >= 11 is 0. The summed E-state index contributed by atoms with van der Waals surface area (Å²) in [5.41, 5.74) is 0. The van der Waals surface area contributed by atoms with Crippen LogP contribution in [-0.2, 0) is 9.53 Å². The highest BCUT2D eigenvalue weighted by Crippen LogP contribution is 2.38. The molecule has 3 unspecified atom stereocenters. The van der Waals surface area contributed by atoms with E-state index >= 15 is 0 Å². The molecule has 1 saturated heterocycles. The Hall–Kier alpha value is -1.08. The molecule has 0 aromatic heterocycles. The van der Waals surface area contributed by atoms with Crippen molar-refractivity contribution in [3.63, 3.8) is 0 Å². The van der Waals surface area contributed by atoms with Crippen molar-refractivity contribution in [1.82, 2.24) is 5.32 Å². The summed E-state index contributed by atoms with van der Waals surface area (Å²) in [5, 5.41) is 11.8. The molecule has 0 aromatic carbocycles. The first-order valence-corrected chi connectivity index (χ1v) is 6.07. The average Bonchev–Trinajstić information content (AvgIpc) is 3.02. The van der Waals surface area contributed by atoms with Crippen LogP contribution < -0.4 is 5.32 Å². The first-order chi connectivity index (χ1) is 7.76. The first-order valence-electron chi connectivity index (χ1n) is 6.07. The van der Waals surface area contributed by atoms with E-state index in [0.717, 1.165) is 13.0 Å². The van der Waals surface area contributed by atoms with E-state index in [1.54, 1.807) is 0 Å². The van der Waals surface area contributed by atoms with Crippen LogP contribution in [-0.4, -0.2) is 24.7 Å². The number of rotatable bonds is 4. The number of ether oxygens (including phenoxy) is 1. The number of nitriles is 1. The lowest BCUT2D eigenvalue weighted by Gasteiger charge is -2.20. The van der Waals surface area contributed by atoms with Gasteiger partial charge in [0.1, 0.15) is 5.92 Å². The van der Waals surface area contributed by atoms with Gasteiger partial charge in [-0.1, -0.05) is 6.92 Å². The maximum Gasteiger partial charge on any atom is 0.237 e. The van der Waals surface area contributed by atoms with Crippen LogP contribution in [0.2, 0.25) is 0 Å². The third-order valence-electron chi connectivity index (χ3n) is 3.43. The third-order valence-corrected chi connectivity index (χ3v) is 3.43. The molecule has 4 nitrogen and oxygen atoms in total. The maximum atomic E-state index is 11.8. The topological polar surface area (TPSA) is 62.1 Å². The fraction of sp³-hybridized carbons (Fsp3) is 0.833. The van der Waals surface area contributed by atoms with Crippen molar-refractivity contribution >= 4 is 5.91 Å². The Kier molecular flexibility index (Phi) is 3.45. The SMILES string of the molecule is CCC(C#N)C(=O)NC1CCOC1C1CC1. The summed E-state index contributed by atoms with van der Waals surface area (Å²) in [6.45, 7) is 2.59. The Bertz CT molecular complexity index is 307. The Morgan fingerprint density at radius 1 is 1.56 bits per heavy atom. The highest BCUT2D eigenvalue weighted by Gasteiger charge is 2.41. The van der Waals surface area contributed by atoms with Gasteiger partial charge in [-0.25, -0.2) is 0 Å². The Labute approximate surface area is 96.0 Å². The van der Waals surface area contributed by atoms with Gasteiger partial charge in [-0.05, 0) is 31.6 Å². The van der Waals surface area contributed by atoms with Crippen molar-refractivity contribution in [2.45, 2.75) is 44.8 Å². The highest BCUT2D eigenvalue weighted by atomic mass is 16.5. The summed E-state index contributed by atoms with van der Waals surface area (Å²) in [4.78, 5) is 11.8. The molecule has 0 bridgehead atoms. The van der Waals surface area contributed by atoms with Crippen LogP contribution in [0.3, 0.4) is 0 Å². The smallest absolute Gasteiger partial charge is 0.237 e. The quantitative estimate of drug-likeness (QED) is 0.778. The molecule has 0 aromatic rings. The van der Waals surface area contributed by atoms with Gasteiger partial charge in [0, 0.05) is 6.61 Å². The first kappa shape index (κ1) is 11.4. The fourth-order valence-corrected chi connectivity index (χ4v) is 2.27. The van der Waals surface area contributed by atoms with Crippen molar-refractivity contribution in [3.05, 3.63) is 0 Å². The van der Waals surface area contributed by atoms with E-state index in [2.05, 4.69) is 5.32 Å². The van der Waals surface area contributed by atoms with Crippen molar-refractivity contribution in [2.24, 2.45) is 11.8 Å². The summed E-state index contributed by atoms with van der Waals surface area (Å²) in [7, 11) is 0. The van der Waals surface area contributed by atoms with Crippen LogP contribution in [0, 0.1) is 23.2 Å². The van der Waals surface area contributed by atoms with Gasteiger partial charge in [0.15, 0.2) is 0 Å². The number of carbonyl (C=O) groups excluding carboxylic acids is 1. The molecule has 1 saturated carbocycles. The molecular formula is C12H18N2O2. The van der Waals surface area contributed by atoms with E-state index in [1.165, 1.54) is 12.8 Å². The maximum absolute atomic E-state index is 11.8. The van der Waals surface area contributed by atoms with Gasteiger partial charge < -0.3 is 10.1 Å². The van der Waals surface area contributed by atoms with E-state index in [9.17, 15) is 4.79 Å². The van der Waals surface area contributed by atoms with Gasteiger partial charge in [0.05, 0.1) is 18.2 Å². The third kappa shape index (κ3) is 2.35. The van der Waals surface area contributed by atoms with Crippen LogP contribution in [0.1, 0.15) is 32.6 Å². The van der Waals surface area contributed by atoms with E-state index in [4.69, 9.17) is 10.00 Å². The van der Waals surface area contributed by atoms with E-state index < -0.39 is 5.92 Å². The summed E-state index contributed by atoms with van der Waals surface area (Å²) < 4.78 is 5.64. The number of hydrogen-bond acceptors (Lipinski definition) is 3. The molecule has 16 heavy (non-hydrogen) atoms. The highest BCUT2D eigenvalue weighted by molar-refractivity contribution is 5.81. The lowest BCUT2D eigenvalue weighted by Crippen LogP contribution is -2.43. The van der Waals surface area contributed by atoms with E-state index in [0.29, 0.717) is 12.3 Å². The van der Waals surface area contributed by atoms with Crippen LogP contribution in [0.4, 0.5) is 0 Å². The van der Waals surface area contributed by atoms with Gasteiger partial charge in [-0.2, -0.15) is 5.26 Å². The molecule has 2 rings (SSSR count). The molecule has 1 N–H and O–H groups in total. The predicted octanol–water partition coefficient (Wildman–Crippen LogP) is 1.22. The molecule has 1 aliphatic carbocycles. The summed E-state index contributed by atoms with van der Waals surface area (Å²) in [6.07, 6.45) is 4.08. The van der Waals surface area contributed by atoms with E-state index in [-0.39, 0.29) is 18.1 Å². The van der Waals surface area contributed by atoms with Gasteiger partial charge >= 0.3 is 0 Å². The van der Waals surface area contributed by atoms with Gasteiger partial charge in [-0.3, -0.25) is 4.79 Å². The molecule has 4 heteroatoms. The average molecular weight is 222 g/mol.